The predicted molar refractivity (Wildman–Crippen MR) is 79.3 cm³/mol. The molecule has 0 saturated heterocycles. The summed E-state index contributed by atoms with van der Waals surface area (Å²) in [5.41, 5.74) is 6.37. The average Bonchev–Trinajstić information content (AvgIpc) is 3.00. The molecule has 7 heteroatoms. The van der Waals surface area contributed by atoms with Gasteiger partial charge in [-0.05, 0) is 30.3 Å². The summed E-state index contributed by atoms with van der Waals surface area (Å²) in [6.07, 6.45) is 1.37. The van der Waals surface area contributed by atoms with Crippen LogP contribution in [0.4, 0.5) is 5.69 Å². The zero-order chi connectivity index (χ0) is 15.2. The highest BCUT2D eigenvalue weighted by atomic mass is 32.2. The smallest absolute Gasteiger partial charge is 0.293 e. The van der Waals surface area contributed by atoms with Gasteiger partial charge in [-0.25, -0.2) is 0 Å². The maximum Gasteiger partial charge on any atom is 0.293 e. The molecule has 0 spiro atoms. The van der Waals surface area contributed by atoms with Crippen molar-refractivity contribution in [3.8, 4) is 5.75 Å². The topological polar surface area (TPSA) is 94.6 Å². The van der Waals surface area contributed by atoms with Crippen molar-refractivity contribution in [1.29, 1.82) is 0 Å². The third-order valence-corrected chi connectivity index (χ3v) is 3.65. The number of hydrogen-bond donors (Lipinski definition) is 2. The standard InChI is InChI=1S/C14H14N2O4S/c1-19-9-4-5-10(15)12(7-9)21-8-13(17)16-14(18)11-3-2-6-20-11/h2-7H,8,15H2,1H3,(H,16,17,18). The number of ether oxygens (including phenoxy) is 1. The van der Waals surface area contributed by atoms with Gasteiger partial charge in [0.25, 0.3) is 5.91 Å². The van der Waals surface area contributed by atoms with Gasteiger partial charge in [-0.3, -0.25) is 14.9 Å². The van der Waals surface area contributed by atoms with Gasteiger partial charge >= 0.3 is 0 Å². The van der Waals surface area contributed by atoms with Crippen LogP contribution in [0.15, 0.2) is 45.9 Å². The van der Waals surface area contributed by atoms with Crippen LogP contribution in [-0.2, 0) is 4.79 Å². The van der Waals surface area contributed by atoms with Crippen molar-refractivity contribution in [2.24, 2.45) is 0 Å². The van der Waals surface area contributed by atoms with Crippen LogP contribution in [0.5, 0.6) is 5.75 Å². The van der Waals surface area contributed by atoms with Gasteiger partial charge in [0.2, 0.25) is 5.91 Å². The number of nitrogens with one attached hydrogen (secondary N) is 1. The number of anilines is 1. The molecule has 0 aliphatic heterocycles. The molecule has 2 rings (SSSR count). The molecular formula is C14H14N2O4S. The van der Waals surface area contributed by atoms with Crippen molar-refractivity contribution < 1.29 is 18.7 Å². The molecule has 0 unspecified atom stereocenters. The van der Waals surface area contributed by atoms with Gasteiger partial charge in [0.05, 0.1) is 19.1 Å². The molecule has 0 bridgehead atoms. The number of imide groups is 1. The van der Waals surface area contributed by atoms with E-state index in [2.05, 4.69) is 5.32 Å². The Bertz CT molecular complexity index is 640. The van der Waals surface area contributed by atoms with E-state index in [9.17, 15) is 9.59 Å². The Balaban J connectivity index is 1.91. The highest BCUT2D eigenvalue weighted by molar-refractivity contribution is 8.00. The van der Waals surface area contributed by atoms with E-state index in [0.29, 0.717) is 11.4 Å². The van der Waals surface area contributed by atoms with Gasteiger partial charge in [-0.2, -0.15) is 0 Å². The SMILES string of the molecule is COc1ccc(N)c(SCC(=O)NC(=O)c2ccco2)c1. The molecule has 1 aromatic heterocycles. The van der Waals surface area contributed by atoms with Gasteiger partial charge in [0, 0.05) is 10.6 Å². The van der Waals surface area contributed by atoms with Gasteiger partial charge in [0.1, 0.15) is 5.75 Å². The van der Waals surface area contributed by atoms with E-state index < -0.39 is 11.8 Å². The predicted octanol–water partition coefficient (Wildman–Crippen LogP) is 1.92. The molecule has 6 nitrogen and oxygen atoms in total. The number of carbonyl (C=O) groups excluding carboxylic acids is 2. The van der Waals surface area contributed by atoms with Crippen LogP contribution in [-0.4, -0.2) is 24.7 Å². The molecule has 21 heavy (non-hydrogen) atoms. The summed E-state index contributed by atoms with van der Waals surface area (Å²) in [6.45, 7) is 0. The molecule has 2 aromatic rings. The summed E-state index contributed by atoms with van der Waals surface area (Å²) >= 11 is 1.22. The van der Waals surface area contributed by atoms with E-state index in [0.717, 1.165) is 4.90 Å². The molecule has 1 heterocycles. The van der Waals surface area contributed by atoms with Crippen molar-refractivity contribution >= 4 is 29.3 Å². The fraction of sp³-hybridized carbons (Fsp3) is 0.143. The van der Waals surface area contributed by atoms with Crippen LogP contribution in [0.1, 0.15) is 10.6 Å². The molecule has 0 atom stereocenters. The number of rotatable bonds is 5. The first-order valence-electron chi connectivity index (χ1n) is 6.04. The highest BCUT2D eigenvalue weighted by Crippen LogP contribution is 2.28. The van der Waals surface area contributed by atoms with E-state index in [1.54, 1.807) is 31.4 Å². The van der Waals surface area contributed by atoms with Crippen molar-refractivity contribution in [2.75, 3.05) is 18.6 Å². The molecule has 0 fully saturated rings. The summed E-state index contributed by atoms with van der Waals surface area (Å²) in [4.78, 5) is 24.1. The number of thioether (sulfide) groups is 1. The molecule has 110 valence electrons. The molecule has 0 saturated carbocycles. The lowest BCUT2D eigenvalue weighted by molar-refractivity contribution is -0.117. The number of carbonyl (C=O) groups is 2. The van der Waals surface area contributed by atoms with E-state index in [1.165, 1.54) is 24.1 Å². The Morgan fingerprint density at radius 3 is 2.86 bits per heavy atom. The first-order valence-corrected chi connectivity index (χ1v) is 7.02. The van der Waals surface area contributed by atoms with Gasteiger partial charge in [-0.1, -0.05) is 0 Å². The maximum atomic E-state index is 11.7. The largest absolute Gasteiger partial charge is 0.497 e. The lowest BCUT2D eigenvalue weighted by atomic mass is 10.3. The average molecular weight is 306 g/mol. The van der Waals surface area contributed by atoms with Crippen molar-refractivity contribution in [1.82, 2.24) is 5.32 Å². The summed E-state index contributed by atoms with van der Waals surface area (Å²) in [6, 6.07) is 8.23. The third kappa shape index (κ3) is 4.03. The van der Waals surface area contributed by atoms with Gasteiger partial charge in [-0.15, -0.1) is 11.8 Å². The monoisotopic (exact) mass is 306 g/mol. The van der Waals surface area contributed by atoms with Crippen molar-refractivity contribution in [3.05, 3.63) is 42.4 Å². The number of furan rings is 1. The Morgan fingerprint density at radius 1 is 1.38 bits per heavy atom. The number of nitrogen functional groups attached to an aromatic ring is 1. The molecule has 1 aromatic carbocycles. The minimum Gasteiger partial charge on any atom is -0.497 e. The summed E-state index contributed by atoms with van der Waals surface area (Å²) in [7, 11) is 1.55. The third-order valence-electron chi connectivity index (χ3n) is 2.58. The second-order valence-corrected chi connectivity index (χ2v) is 5.06. The number of hydrogen-bond acceptors (Lipinski definition) is 6. The summed E-state index contributed by atoms with van der Waals surface area (Å²) < 4.78 is 9.99. The quantitative estimate of drug-likeness (QED) is 0.647. The van der Waals surface area contributed by atoms with Crippen molar-refractivity contribution in [2.45, 2.75) is 4.90 Å². The minimum atomic E-state index is -0.566. The van der Waals surface area contributed by atoms with E-state index in [4.69, 9.17) is 14.9 Å². The van der Waals surface area contributed by atoms with Crippen molar-refractivity contribution in [3.63, 3.8) is 0 Å². The molecule has 3 N–H and O–H groups in total. The van der Waals surface area contributed by atoms with E-state index in [1.807, 2.05) is 0 Å². The summed E-state index contributed by atoms with van der Waals surface area (Å²) in [5, 5.41) is 2.24. The number of methoxy groups -OCH3 is 1. The second kappa shape index (κ2) is 6.85. The summed E-state index contributed by atoms with van der Waals surface area (Å²) in [5.74, 6) is -0.190. The van der Waals surface area contributed by atoms with Crippen LogP contribution in [0.3, 0.4) is 0 Å². The maximum absolute atomic E-state index is 11.7. The van der Waals surface area contributed by atoms with Crippen LogP contribution >= 0.6 is 11.8 Å². The van der Waals surface area contributed by atoms with Crippen LogP contribution in [0.25, 0.3) is 0 Å². The molecule has 0 aliphatic rings. The Labute approximate surface area is 125 Å². The number of amides is 2. The normalized spacial score (nSPS) is 10.1. The molecule has 2 amide bonds. The first kappa shape index (κ1) is 15.0. The Morgan fingerprint density at radius 2 is 2.19 bits per heavy atom. The zero-order valence-corrected chi connectivity index (χ0v) is 12.1. The van der Waals surface area contributed by atoms with E-state index >= 15 is 0 Å². The van der Waals surface area contributed by atoms with Gasteiger partial charge in [0.15, 0.2) is 5.76 Å². The molecule has 0 radical (unpaired) electrons. The lowest BCUT2D eigenvalue weighted by Gasteiger charge is -2.07. The first-order chi connectivity index (χ1) is 10.1. The zero-order valence-electron chi connectivity index (χ0n) is 11.3. The fourth-order valence-electron chi connectivity index (χ4n) is 1.54. The van der Waals surface area contributed by atoms with Crippen LogP contribution in [0, 0.1) is 0 Å². The molecular weight excluding hydrogens is 292 g/mol. The van der Waals surface area contributed by atoms with Gasteiger partial charge < -0.3 is 14.9 Å². The minimum absolute atomic E-state index is 0.0593. The Kier molecular flexibility index (Phi) is 4.89. The highest BCUT2D eigenvalue weighted by Gasteiger charge is 2.13. The fourth-order valence-corrected chi connectivity index (χ4v) is 2.33. The number of nitrogens with two attached hydrogens (primary N) is 1. The lowest BCUT2D eigenvalue weighted by Crippen LogP contribution is -2.31. The van der Waals surface area contributed by atoms with Crippen LogP contribution < -0.4 is 15.8 Å². The Hall–Kier alpha value is -2.41. The van der Waals surface area contributed by atoms with Crippen LogP contribution in [0.2, 0.25) is 0 Å². The molecule has 0 aliphatic carbocycles. The second-order valence-electron chi connectivity index (χ2n) is 4.05. The van der Waals surface area contributed by atoms with E-state index in [-0.39, 0.29) is 11.5 Å². The number of benzene rings is 1.